The predicted molar refractivity (Wildman–Crippen MR) is 161 cm³/mol. The van der Waals surface area contributed by atoms with Crippen LogP contribution >= 0.6 is 0 Å². The molecule has 5 aromatic rings. The van der Waals surface area contributed by atoms with Crippen molar-refractivity contribution in [3.8, 4) is 34.5 Å². The van der Waals surface area contributed by atoms with Gasteiger partial charge >= 0.3 is 5.51 Å². The van der Waals surface area contributed by atoms with Crippen LogP contribution in [0.5, 0.6) is 11.5 Å². The highest BCUT2D eigenvalue weighted by molar-refractivity contribution is 7.94. The van der Waals surface area contributed by atoms with E-state index in [1.54, 1.807) is 31.2 Å². The van der Waals surface area contributed by atoms with Crippen LogP contribution in [0.4, 0.5) is 19.0 Å². The summed E-state index contributed by atoms with van der Waals surface area (Å²) in [4.78, 5) is 10.5. The molecule has 236 valence electrons. The smallest absolute Gasteiger partial charge is 0.483 e. The fraction of sp³-hybridized carbons (Fsp3) is 0.267. The number of ether oxygens (including phenoxy) is 2. The Bertz CT molecular complexity index is 1910. The molecular formula is C30H30F3N7O4S. The molecular weight excluding hydrogens is 611 g/mol. The van der Waals surface area contributed by atoms with Crippen molar-refractivity contribution in [3.05, 3.63) is 83.7 Å². The van der Waals surface area contributed by atoms with Gasteiger partial charge in [-0.15, -0.1) is 0 Å². The Morgan fingerprint density at radius 2 is 1.71 bits per heavy atom. The highest BCUT2D eigenvalue weighted by Gasteiger charge is 2.44. The number of benzene rings is 2. The molecule has 45 heavy (non-hydrogen) atoms. The van der Waals surface area contributed by atoms with E-state index in [2.05, 4.69) is 24.6 Å². The summed E-state index contributed by atoms with van der Waals surface area (Å²) in [5.74, 6) is 2.42. The van der Waals surface area contributed by atoms with Crippen LogP contribution in [-0.2, 0) is 22.8 Å². The van der Waals surface area contributed by atoms with Crippen molar-refractivity contribution in [3.63, 3.8) is 0 Å². The summed E-state index contributed by atoms with van der Waals surface area (Å²) in [6.45, 7) is 2.96. The number of anilines is 1. The van der Waals surface area contributed by atoms with E-state index in [9.17, 15) is 17.4 Å². The molecule has 0 radical (unpaired) electrons. The van der Waals surface area contributed by atoms with E-state index < -0.39 is 20.1 Å². The molecule has 0 amide bonds. The third kappa shape index (κ3) is 6.48. The maximum atomic E-state index is 13.3. The summed E-state index contributed by atoms with van der Waals surface area (Å²) in [7, 11) is 1.46. The van der Waals surface area contributed by atoms with Crippen LogP contribution in [0.15, 0.2) is 80.6 Å². The number of hydrogen-bond donors (Lipinski definition) is 0. The second-order valence-corrected chi connectivity index (χ2v) is 12.4. The van der Waals surface area contributed by atoms with Gasteiger partial charge in [-0.05, 0) is 66.6 Å². The van der Waals surface area contributed by atoms with E-state index in [1.807, 2.05) is 49.2 Å². The number of aryl methyl sites for hydroxylation is 1. The maximum absolute atomic E-state index is 13.3. The minimum atomic E-state index is -5.00. The molecule has 0 spiro atoms. The molecule has 0 aliphatic rings. The van der Waals surface area contributed by atoms with Gasteiger partial charge in [-0.25, -0.2) is 13.6 Å². The second kappa shape index (κ2) is 12.6. The summed E-state index contributed by atoms with van der Waals surface area (Å²) < 4.78 is 73.3. The number of alkyl halides is 3. The number of rotatable bonds is 10. The van der Waals surface area contributed by atoms with Crippen molar-refractivity contribution in [1.29, 1.82) is 0 Å². The fourth-order valence-corrected chi connectivity index (χ4v) is 5.78. The summed E-state index contributed by atoms with van der Waals surface area (Å²) in [6, 6.07) is 16.4. The molecule has 5 rings (SSSR count). The Balaban J connectivity index is 1.26. The van der Waals surface area contributed by atoms with Gasteiger partial charge in [0.2, 0.25) is 5.82 Å². The summed E-state index contributed by atoms with van der Waals surface area (Å²) in [6.07, 6.45) is 1.79. The molecule has 1 unspecified atom stereocenters. The van der Waals surface area contributed by atoms with Crippen LogP contribution in [0.25, 0.3) is 23.0 Å². The van der Waals surface area contributed by atoms with Gasteiger partial charge in [0.15, 0.2) is 26.9 Å². The molecule has 0 fully saturated rings. The number of aromatic nitrogens is 5. The van der Waals surface area contributed by atoms with Crippen molar-refractivity contribution in [1.82, 2.24) is 24.9 Å². The van der Waals surface area contributed by atoms with Crippen molar-refractivity contribution >= 4 is 15.5 Å². The Hall–Kier alpha value is -4.92. The van der Waals surface area contributed by atoms with Crippen molar-refractivity contribution < 1.29 is 31.4 Å². The van der Waals surface area contributed by atoms with Gasteiger partial charge in [0, 0.05) is 38.1 Å². The first-order valence-electron chi connectivity index (χ1n) is 13.5. The van der Waals surface area contributed by atoms with Crippen LogP contribution in [0.3, 0.4) is 0 Å². The molecule has 0 saturated heterocycles. The largest absolute Gasteiger partial charge is 0.493 e. The Kier molecular flexibility index (Phi) is 8.82. The lowest BCUT2D eigenvalue weighted by molar-refractivity contribution is -0.0403. The van der Waals surface area contributed by atoms with Crippen molar-refractivity contribution in [2.45, 2.75) is 30.4 Å². The minimum Gasteiger partial charge on any atom is -0.493 e. The van der Waals surface area contributed by atoms with Gasteiger partial charge in [-0.3, -0.25) is 4.68 Å². The van der Waals surface area contributed by atoms with E-state index in [0.717, 1.165) is 41.8 Å². The third-order valence-electron chi connectivity index (χ3n) is 7.03. The first kappa shape index (κ1) is 31.5. The SMILES string of the molecule is CN=S(=O)(c1ccc(-c2noc(-c3cc(C)n(Cc4ccc(N(C)Cc5ccc(OC)c(OC)c5)nc4)n3)n2)cc1)C(F)(F)F. The lowest BCUT2D eigenvalue weighted by Gasteiger charge is -2.19. The van der Waals surface area contributed by atoms with E-state index in [1.165, 1.54) is 12.1 Å². The molecule has 0 bridgehead atoms. The normalized spacial score (nSPS) is 12.9. The first-order valence-corrected chi connectivity index (χ1v) is 15.0. The van der Waals surface area contributed by atoms with Crippen molar-refractivity contribution in [2.24, 2.45) is 4.36 Å². The second-order valence-electron chi connectivity index (χ2n) is 10.0. The monoisotopic (exact) mass is 641 g/mol. The molecule has 0 aliphatic heterocycles. The highest BCUT2D eigenvalue weighted by atomic mass is 32.2. The van der Waals surface area contributed by atoms with Gasteiger partial charge in [-0.1, -0.05) is 17.3 Å². The number of hydrogen-bond acceptors (Lipinski definition) is 10. The van der Waals surface area contributed by atoms with Gasteiger partial charge in [0.1, 0.15) is 5.82 Å². The number of halogens is 3. The number of methoxy groups -OCH3 is 2. The van der Waals surface area contributed by atoms with E-state index in [0.29, 0.717) is 35.8 Å². The predicted octanol–water partition coefficient (Wildman–Crippen LogP) is 5.98. The summed E-state index contributed by atoms with van der Waals surface area (Å²) in [5, 5.41) is 8.54. The molecule has 1 atom stereocenters. The van der Waals surface area contributed by atoms with Crippen LogP contribution in [0.2, 0.25) is 0 Å². The highest BCUT2D eigenvalue weighted by Crippen LogP contribution is 2.33. The Morgan fingerprint density at radius 1 is 1.00 bits per heavy atom. The molecule has 15 heteroatoms. The van der Waals surface area contributed by atoms with E-state index in [4.69, 9.17) is 14.0 Å². The summed E-state index contributed by atoms with van der Waals surface area (Å²) in [5.41, 5.74) is -1.37. The summed E-state index contributed by atoms with van der Waals surface area (Å²) >= 11 is 0. The number of pyridine rings is 1. The van der Waals surface area contributed by atoms with Crippen LogP contribution in [-0.4, -0.2) is 62.9 Å². The average molecular weight is 642 g/mol. The quantitative estimate of drug-likeness (QED) is 0.181. The van der Waals surface area contributed by atoms with Gasteiger partial charge < -0.3 is 18.9 Å². The average Bonchev–Trinajstić information content (AvgIpc) is 3.67. The first-order chi connectivity index (χ1) is 21.4. The van der Waals surface area contributed by atoms with E-state index >= 15 is 0 Å². The molecule has 0 N–H and O–H groups in total. The molecule has 3 aromatic heterocycles. The van der Waals surface area contributed by atoms with Crippen molar-refractivity contribution in [2.75, 3.05) is 33.2 Å². The third-order valence-corrected chi connectivity index (χ3v) is 9.08. The minimum absolute atomic E-state index is 0.142. The zero-order valence-corrected chi connectivity index (χ0v) is 25.9. The van der Waals surface area contributed by atoms with Gasteiger partial charge in [-0.2, -0.15) is 23.3 Å². The molecule has 3 heterocycles. The molecule has 11 nitrogen and oxygen atoms in total. The lowest BCUT2D eigenvalue weighted by Crippen LogP contribution is -2.23. The maximum Gasteiger partial charge on any atom is 0.483 e. The van der Waals surface area contributed by atoms with Crippen LogP contribution in [0, 0.1) is 6.92 Å². The standard InChI is InChI=1S/C30H30F3N7O4S/c1-19-14-24(29-36-28(38-44-29)22-8-10-23(11-9-22)45(41,34-2)30(31,32)33)37-40(19)18-21-7-13-27(35-16-21)39(3)17-20-6-12-25(42-4)26(15-20)43-5/h6-16H,17-18H2,1-5H3. The zero-order valence-electron chi connectivity index (χ0n) is 25.1. The van der Waals surface area contributed by atoms with Gasteiger partial charge in [0.25, 0.3) is 5.89 Å². The Labute approximate surface area is 257 Å². The molecule has 2 aromatic carbocycles. The topological polar surface area (TPSA) is 121 Å². The molecule has 0 aliphatic carbocycles. The Morgan fingerprint density at radius 3 is 2.33 bits per heavy atom. The number of nitrogens with zero attached hydrogens (tertiary/aromatic N) is 7. The van der Waals surface area contributed by atoms with Crippen LogP contribution < -0.4 is 14.4 Å². The lowest BCUT2D eigenvalue weighted by atomic mass is 10.2. The molecule has 0 saturated carbocycles. The fourth-order valence-electron chi connectivity index (χ4n) is 4.59. The van der Waals surface area contributed by atoms with E-state index in [-0.39, 0.29) is 11.7 Å². The zero-order chi connectivity index (χ0) is 32.4. The van der Waals surface area contributed by atoms with Gasteiger partial charge in [0.05, 0.1) is 25.7 Å². The van der Waals surface area contributed by atoms with Crippen LogP contribution in [0.1, 0.15) is 16.8 Å².